The minimum atomic E-state index is -1.03. The van der Waals surface area contributed by atoms with Gasteiger partial charge >= 0.3 is 6.09 Å². The number of amides is 2. The molecule has 0 radical (unpaired) electrons. The molecule has 3 N–H and O–H groups in total. The molecule has 3 aromatic rings. The number of para-hydroxylation sites is 1. The average Bonchev–Trinajstić information content (AvgIpc) is 3.70. The van der Waals surface area contributed by atoms with Crippen LogP contribution in [0.25, 0.3) is 5.69 Å². The van der Waals surface area contributed by atoms with Gasteiger partial charge in [0.25, 0.3) is 11.5 Å². The van der Waals surface area contributed by atoms with E-state index in [-0.39, 0.29) is 36.5 Å². The van der Waals surface area contributed by atoms with E-state index in [1.807, 2.05) is 45.0 Å². The van der Waals surface area contributed by atoms with E-state index in [2.05, 4.69) is 15.6 Å². The highest BCUT2D eigenvalue weighted by atomic mass is 16.5. The van der Waals surface area contributed by atoms with E-state index in [0.29, 0.717) is 17.0 Å². The van der Waals surface area contributed by atoms with E-state index < -0.39 is 11.6 Å². The Morgan fingerprint density at radius 3 is 2.66 bits per heavy atom. The van der Waals surface area contributed by atoms with Gasteiger partial charge in [-0.2, -0.15) is 0 Å². The van der Waals surface area contributed by atoms with Crippen molar-refractivity contribution in [3.05, 3.63) is 81.9 Å². The molecule has 0 bridgehead atoms. The van der Waals surface area contributed by atoms with Gasteiger partial charge in [-0.15, -0.1) is 0 Å². The first-order chi connectivity index (χ1) is 18.1. The minimum absolute atomic E-state index is 0.144. The molecule has 0 aliphatic heterocycles. The summed E-state index contributed by atoms with van der Waals surface area (Å²) >= 11 is 0. The third kappa shape index (κ3) is 6.13. The summed E-state index contributed by atoms with van der Waals surface area (Å²) < 4.78 is 7.39. The molecule has 4 rings (SSSR count). The van der Waals surface area contributed by atoms with Crippen LogP contribution >= 0.6 is 0 Å². The van der Waals surface area contributed by atoms with Crippen molar-refractivity contribution in [2.24, 2.45) is 0 Å². The third-order valence-corrected chi connectivity index (χ3v) is 6.49. The van der Waals surface area contributed by atoms with Crippen LogP contribution in [0.2, 0.25) is 0 Å². The Morgan fingerprint density at radius 1 is 1.21 bits per heavy atom. The molecule has 1 heterocycles. The molecule has 2 aromatic carbocycles. The Bertz CT molecular complexity index is 1400. The second-order valence-electron chi connectivity index (χ2n) is 10.00. The molecule has 0 unspecified atom stereocenters. The number of hydrogen-bond donors (Lipinski definition) is 3. The molecule has 2 amide bonds. The molecule has 1 saturated carbocycles. The van der Waals surface area contributed by atoms with Gasteiger partial charge in [0.1, 0.15) is 12.4 Å². The maximum absolute atomic E-state index is 13.5. The van der Waals surface area contributed by atoms with Crippen LogP contribution in [0.5, 0.6) is 5.75 Å². The van der Waals surface area contributed by atoms with Crippen LogP contribution in [0, 0.1) is 6.92 Å². The maximum atomic E-state index is 13.5. The number of nitrogens with one attached hydrogen (secondary N) is 2. The molecule has 10 heteroatoms. The summed E-state index contributed by atoms with van der Waals surface area (Å²) in [4.78, 5) is 42.6. The number of aryl methyl sites for hydroxylation is 1. The first-order valence-electron chi connectivity index (χ1n) is 12.5. The molecule has 200 valence electrons. The Balaban J connectivity index is 1.58. The van der Waals surface area contributed by atoms with Gasteiger partial charge in [-0.05, 0) is 57.4 Å². The molecular weight excluding hydrogens is 486 g/mol. The van der Waals surface area contributed by atoms with Crippen molar-refractivity contribution in [2.45, 2.75) is 45.2 Å². The molecular formula is C28H33N5O5. The van der Waals surface area contributed by atoms with Gasteiger partial charge in [0.2, 0.25) is 0 Å². The van der Waals surface area contributed by atoms with Crippen molar-refractivity contribution in [2.75, 3.05) is 25.5 Å². The zero-order chi connectivity index (χ0) is 27.4. The molecule has 1 aromatic heterocycles. The number of carbonyl (C=O) groups is 2. The zero-order valence-electron chi connectivity index (χ0n) is 22.0. The SMILES string of the molecule is Cc1ccc(C(=O)NC2CC2)cc1-n1ccnc(NC(C)(C)c2ccccc2OCCN(C)C(=O)O)c1=O. The fourth-order valence-electron chi connectivity index (χ4n) is 4.05. The lowest BCUT2D eigenvalue weighted by molar-refractivity contribution is 0.0951. The lowest BCUT2D eigenvalue weighted by Gasteiger charge is -2.29. The van der Waals surface area contributed by atoms with Crippen LogP contribution < -0.4 is 20.9 Å². The van der Waals surface area contributed by atoms with E-state index >= 15 is 0 Å². The van der Waals surface area contributed by atoms with E-state index in [1.165, 1.54) is 11.6 Å². The van der Waals surface area contributed by atoms with Crippen LogP contribution in [0.1, 0.15) is 48.2 Å². The third-order valence-electron chi connectivity index (χ3n) is 6.49. The summed E-state index contributed by atoms with van der Waals surface area (Å²) in [6, 6.07) is 12.9. The van der Waals surface area contributed by atoms with Crippen LogP contribution in [0.15, 0.2) is 59.7 Å². The standard InChI is InChI=1S/C28H33N5O5/c1-18-9-10-19(25(34)30-20-11-12-20)17-22(18)33-14-13-29-24(26(33)35)31-28(2,3)21-7-5-6-8-23(21)38-16-15-32(4)27(36)37/h5-10,13-14,17,20H,11-12,15-16H2,1-4H3,(H,29,31)(H,30,34)(H,36,37). The number of likely N-dealkylation sites (N-methyl/N-ethyl adjacent to an activating group) is 1. The van der Waals surface area contributed by atoms with Crippen molar-refractivity contribution in [1.29, 1.82) is 0 Å². The van der Waals surface area contributed by atoms with Gasteiger partial charge in [-0.25, -0.2) is 9.78 Å². The Labute approximate surface area is 221 Å². The van der Waals surface area contributed by atoms with Crippen LogP contribution in [-0.4, -0.2) is 57.8 Å². The number of ether oxygens (including phenoxy) is 1. The molecule has 1 aliphatic carbocycles. The lowest BCUT2D eigenvalue weighted by Crippen LogP contribution is -2.34. The minimum Gasteiger partial charge on any atom is -0.491 e. The summed E-state index contributed by atoms with van der Waals surface area (Å²) in [5, 5.41) is 15.3. The van der Waals surface area contributed by atoms with Gasteiger partial charge in [0.05, 0.1) is 17.8 Å². The maximum Gasteiger partial charge on any atom is 0.407 e. The van der Waals surface area contributed by atoms with Crippen LogP contribution in [0.4, 0.5) is 10.6 Å². The molecule has 1 fully saturated rings. The summed E-state index contributed by atoms with van der Waals surface area (Å²) in [5.74, 6) is 0.567. The first kappa shape index (κ1) is 26.7. The van der Waals surface area contributed by atoms with Gasteiger partial charge in [-0.1, -0.05) is 24.3 Å². The van der Waals surface area contributed by atoms with Crippen molar-refractivity contribution < 1.29 is 19.4 Å². The zero-order valence-corrected chi connectivity index (χ0v) is 22.0. The van der Waals surface area contributed by atoms with Crippen LogP contribution in [0.3, 0.4) is 0 Å². The summed E-state index contributed by atoms with van der Waals surface area (Å²) in [5.41, 5.74) is 1.61. The fraction of sp³-hybridized carbons (Fsp3) is 0.357. The molecule has 38 heavy (non-hydrogen) atoms. The number of aromatic nitrogens is 2. The van der Waals surface area contributed by atoms with Gasteiger partial charge in [0.15, 0.2) is 5.82 Å². The highest BCUT2D eigenvalue weighted by Crippen LogP contribution is 2.32. The van der Waals surface area contributed by atoms with Crippen molar-refractivity contribution in [3.63, 3.8) is 0 Å². The predicted molar refractivity (Wildman–Crippen MR) is 144 cm³/mol. The second-order valence-corrected chi connectivity index (χ2v) is 10.00. The van der Waals surface area contributed by atoms with E-state index in [1.54, 1.807) is 30.6 Å². The Morgan fingerprint density at radius 2 is 1.95 bits per heavy atom. The first-order valence-corrected chi connectivity index (χ1v) is 12.5. The van der Waals surface area contributed by atoms with Gasteiger partial charge in [-0.3, -0.25) is 14.2 Å². The highest BCUT2D eigenvalue weighted by molar-refractivity contribution is 5.95. The van der Waals surface area contributed by atoms with E-state index in [4.69, 9.17) is 9.84 Å². The topological polar surface area (TPSA) is 126 Å². The number of nitrogens with zero attached hydrogens (tertiary/aromatic N) is 3. The number of carbonyl (C=O) groups excluding carboxylic acids is 1. The molecule has 10 nitrogen and oxygen atoms in total. The average molecular weight is 520 g/mol. The number of hydrogen-bond acceptors (Lipinski definition) is 6. The largest absolute Gasteiger partial charge is 0.491 e. The lowest BCUT2D eigenvalue weighted by atomic mass is 9.93. The number of benzene rings is 2. The quantitative estimate of drug-likeness (QED) is 0.372. The van der Waals surface area contributed by atoms with Crippen molar-refractivity contribution in [3.8, 4) is 11.4 Å². The second kappa shape index (κ2) is 11.0. The normalized spacial score (nSPS) is 13.1. The van der Waals surface area contributed by atoms with E-state index in [0.717, 1.165) is 28.9 Å². The fourth-order valence-corrected chi connectivity index (χ4v) is 4.05. The van der Waals surface area contributed by atoms with Crippen molar-refractivity contribution in [1.82, 2.24) is 19.8 Å². The Kier molecular flexibility index (Phi) is 7.70. The van der Waals surface area contributed by atoms with Gasteiger partial charge < -0.3 is 25.4 Å². The number of anilines is 1. The summed E-state index contributed by atoms with van der Waals surface area (Å²) in [6.07, 6.45) is 4.08. The number of carboxylic acid groups (broad SMARTS) is 1. The van der Waals surface area contributed by atoms with Gasteiger partial charge in [0, 0.05) is 36.6 Å². The summed E-state index contributed by atoms with van der Waals surface area (Å²) in [7, 11) is 1.48. The smallest absolute Gasteiger partial charge is 0.407 e. The predicted octanol–water partition coefficient (Wildman–Crippen LogP) is 3.77. The molecule has 0 spiro atoms. The Hall–Kier alpha value is -4.34. The van der Waals surface area contributed by atoms with Crippen LogP contribution in [-0.2, 0) is 5.54 Å². The molecule has 1 aliphatic rings. The van der Waals surface area contributed by atoms with E-state index in [9.17, 15) is 14.4 Å². The molecule has 0 saturated heterocycles. The van der Waals surface area contributed by atoms with Crippen molar-refractivity contribution >= 4 is 17.8 Å². The highest BCUT2D eigenvalue weighted by Gasteiger charge is 2.27. The number of rotatable bonds is 10. The monoisotopic (exact) mass is 519 g/mol. The summed E-state index contributed by atoms with van der Waals surface area (Å²) in [6.45, 7) is 6.09. The molecule has 0 atom stereocenters.